The van der Waals surface area contributed by atoms with E-state index in [0.717, 1.165) is 35.1 Å². The third-order valence-electron chi connectivity index (χ3n) is 4.94. The minimum atomic E-state index is -2.04. The van der Waals surface area contributed by atoms with Crippen LogP contribution < -0.4 is 0 Å². The fourth-order valence-electron chi connectivity index (χ4n) is 3.70. The summed E-state index contributed by atoms with van der Waals surface area (Å²) in [6, 6.07) is 5.56. The molecule has 1 aromatic carbocycles. The Morgan fingerprint density at radius 2 is 2.32 bits per heavy atom. The average Bonchev–Trinajstić information content (AvgIpc) is 3.16. The zero-order valence-corrected chi connectivity index (χ0v) is 13.4. The number of fused-ring (bicyclic) bond motifs is 1. The van der Waals surface area contributed by atoms with Gasteiger partial charge < -0.3 is 9.88 Å². The molecule has 22 heavy (non-hydrogen) atoms. The van der Waals surface area contributed by atoms with Crippen LogP contribution in [0.25, 0.3) is 10.9 Å². The molecule has 2 heterocycles. The van der Waals surface area contributed by atoms with Gasteiger partial charge in [-0.3, -0.25) is 0 Å². The number of likely N-dealkylation sites (N-methyl/N-ethyl adjacent to an activating group) is 1. The zero-order valence-electron chi connectivity index (χ0n) is 15.6. The molecule has 4 rings (SSSR count). The summed E-state index contributed by atoms with van der Waals surface area (Å²) in [6.45, 7) is -1.40. The van der Waals surface area contributed by atoms with Crippen molar-refractivity contribution < 1.29 is 8.50 Å². The highest BCUT2D eigenvalue weighted by atomic mass is 32.2. The second kappa shape index (κ2) is 5.89. The lowest BCUT2D eigenvalue weighted by Gasteiger charge is -2.20. The Morgan fingerprint density at radius 1 is 1.41 bits per heavy atom. The van der Waals surface area contributed by atoms with Crippen molar-refractivity contribution in [2.24, 2.45) is 0 Å². The lowest BCUT2D eigenvalue weighted by Crippen LogP contribution is -2.27. The van der Waals surface area contributed by atoms with E-state index in [1.165, 1.54) is 35.9 Å². The van der Waals surface area contributed by atoms with Crippen molar-refractivity contribution in [2.45, 2.75) is 49.0 Å². The first-order valence-corrected chi connectivity index (χ1v) is 9.06. The molecule has 0 spiro atoms. The molecule has 1 aromatic heterocycles. The molecule has 0 radical (unpaired) electrons. The normalized spacial score (nSPS) is 25.3. The molecular formula is C18H23FN2S. The van der Waals surface area contributed by atoms with Gasteiger partial charge in [0.15, 0.2) is 0 Å². The van der Waals surface area contributed by atoms with E-state index in [9.17, 15) is 4.39 Å². The Kier molecular flexibility index (Phi) is 3.09. The van der Waals surface area contributed by atoms with Crippen LogP contribution in [-0.4, -0.2) is 35.5 Å². The molecule has 1 aliphatic carbocycles. The largest absolute Gasteiger partial charge is 0.358 e. The number of nitrogens with one attached hydrogen (secondary N) is 1. The second-order valence-electron chi connectivity index (χ2n) is 6.42. The first-order chi connectivity index (χ1) is 12.0. The topological polar surface area (TPSA) is 19.0 Å². The lowest BCUT2D eigenvalue weighted by atomic mass is 9.99. The molecule has 1 saturated carbocycles. The zero-order chi connectivity index (χ0) is 17.6. The summed E-state index contributed by atoms with van der Waals surface area (Å²) < 4.78 is 36.4. The minimum Gasteiger partial charge on any atom is -0.358 e. The molecule has 0 amide bonds. The average molecular weight is 321 g/mol. The van der Waals surface area contributed by atoms with Crippen molar-refractivity contribution in [1.82, 2.24) is 9.88 Å². The van der Waals surface area contributed by atoms with Gasteiger partial charge in [-0.25, -0.2) is 4.39 Å². The van der Waals surface area contributed by atoms with Gasteiger partial charge in [-0.2, -0.15) is 0 Å². The highest BCUT2D eigenvalue weighted by Crippen LogP contribution is 2.45. The molecule has 1 atom stereocenters. The number of rotatable bonds is 5. The van der Waals surface area contributed by atoms with Crippen LogP contribution in [0.3, 0.4) is 0 Å². The molecule has 2 fully saturated rings. The minimum absolute atomic E-state index is 0.0347. The molecule has 2 aliphatic rings. The van der Waals surface area contributed by atoms with Crippen LogP contribution in [0.1, 0.15) is 47.0 Å². The van der Waals surface area contributed by atoms with Crippen molar-refractivity contribution in [1.29, 1.82) is 0 Å². The van der Waals surface area contributed by atoms with Crippen LogP contribution in [0.2, 0.25) is 0 Å². The molecule has 1 saturated heterocycles. The Balaban J connectivity index is 1.76. The highest BCUT2D eigenvalue weighted by molar-refractivity contribution is 7.99. The Labute approximate surface area is 139 Å². The van der Waals surface area contributed by atoms with E-state index in [1.807, 2.05) is 18.2 Å². The van der Waals surface area contributed by atoms with Gasteiger partial charge in [-0.05, 0) is 69.2 Å². The predicted molar refractivity (Wildman–Crippen MR) is 91.5 cm³/mol. The highest BCUT2D eigenvalue weighted by Gasteiger charge is 2.31. The number of H-pyrrole nitrogens is 1. The van der Waals surface area contributed by atoms with E-state index in [2.05, 4.69) is 4.98 Å². The molecule has 2 nitrogen and oxygen atoms in total. The van der Waals surface area contributed by atoms with E-state index in [1.54, 1.807) is 4.90 Å². The number of likely N-dealkylation sites (tertiary alicyclic amines) is 1. The summed E-state index contributed by atoms with van der Waals surface area (Å²) >= 11 is 1.22. The fraction of sp³-hybridized carbons (Fsp3) is 0.556. The maximum atomic E-state index is 13.0. The van der Waals surface area contributed by atoms with Crippen molar-refractivity contribution in [2.75, 3.05) is 19.5 Å². The monoisotopic (exact) mass is 321 g/mol. The molecule has 1 N–H and O–H groups in total. The maximum absolute atomic E-state index is 13.0. The van der Waals surface area contributed by atoms with E-state index >= 15 is 0 Å². The molecular weight excluding hydrogens is 295 g/mol. The number of aromatic nitrogens is 1. The fourth-order valence-corrected chi connectivity index (χ4v) is 4.37. The van der Waals surface area contributed by atoms with Crippen LogP contribution >= 0.6 is 11.8 Å². The van der Waals surface area contributed by atoms with Gasteiger partial charge in [0.05, 0.1) is 0 Å². The maximum Gasteiger partial charge on any atom is 0.139 e. The number of benzene rings is 1. The van der Waals surface area contributed by atoms with E-state index < -0.39 is 13.0 Å². The van der Waals surface area contributed by atoms with E-state index in [4.69, 9.17) is 4.11 Å². The molecule has 1 aliphatic heterocycles. The van der Waals surface area contributed by atoms with Gasteiger partial charge in [0, 0.05) is 31.6 Å². The van der Waals surface area contributed by atoms with Gasteiger partial charge in [0.1, 0.15) is 6.01 Å². The second-order valence-corrected chi connectivity index (χ2v) is 7.36. The summed E-state index contributed by atoms with van der Waals surface area (Å²) in [5, 5.41) is 1.10. The van der Waals surface area contributed by atoms with Crippen LogP contribution in [0.5, 0.6) is 0 Å². The summed E-state index contributed by atoms with van der Waals surface area (Å²) in [7, 11) is 0. The van der Waals surface area contributed by atoms with Gasteiger partial charge in [-0.1, -0.05) is 17.8 Å². The molecule has 2 aromatic rings. The number of alkyl halides is 1. The molecule has 0 unspecified atom stereocenters. The SMILES string of the molecule is [2H]C([2H])([2H])N1CCC[C@@H]1Cc1c(C2CC2)[nH]c2cccc(SCF)c12. The first-order valence-electron chi connectivity index (χ1n) is 9.58. The third-order valence-corrected chi connectivity index (χ3v) is 5.70. The summed E-state index contributed by atoms with van der Waals surface area (Å²) in [5.74, 6) is 0.549. The van der Waals surface area contributed by atoms with E-state index in [-0.39, 0.29) is 6.04 Å². The summed E-state index contributed by atoms with van der Waals surface area (Å²) in [4.78, 5) is 6.19. The van der Waals surface area contributed by atoms with Crippen LogP contribution in [0.15, 0.2) is 23.1 Å². The van der Waals surface area contributed by atoms with Gasteiger partial charge in [-0.15, -0.1) is 0 Å². The van der Waals surface area contributed by atoms with Gasteiger partial charge in [0.25, 0.3) is 0 Å². The van der Waals surface area contributed by atoms with Gasteiger partial charge >= 0.3 is 0 Å². The standard InChI is InChI=1S/C18H23FN2S/c1-21-9-3-4-13(21)10-14-17-15(20-18(14)12-7-8-12)5-2-6-16(17)22-11-19/h2,5-6,12-13,20H,3-4,7-11H2,1H3/t13-/m1/s1/i1D3. The van der Waals surface area contributed by atoms with Crippen molar-refractivity contribution in [3.8, 4) is 0 Å². The first kappa shape index (κ1) is 11.5. The van der Waals surface area contributed by atoms with Crippen molar-refractivity contribution >= 4 is 22.7 Å². The molecule has 118 valence electrons. The van der Waals surface area contributed by atoms with Crippen LogP contribution in [0.4, 0.5) is 4.39 Å². The smallest absolute Gasteiger partial charge is 0.139 e. The Hall–Kier alpha value is -1.000. The lowest BCUT2D eigenvalue weighted by molar-refractivity contribution is 0.309. The van der Waals surface area contributed by atoms with Gasteiger partial charge in [0.2, 0.25) is 0 Å². The number of thioether (sulfide) groups is 1. The summed E-state index contributed by atoms with van der Waals surface area (Å²) in [6.07, 6.45) is 4.93. The van der Waals surface area contributed by atoms with Crippen LogP contribution in [-0.2, 0) is 6.42 Å². The molecule has 0 bridgehead atoms. The number of hydrogen-bond donors (Lipinski definition) is 1. The number of aromatic amines is 1. The summed E-state index contributed by atoms with van der Waals surface area (Å²) in [5.41, 5.74) is 3.52. The molecule has 4 heteroatoms. The number of hydrogen-bond acceptors (Lipinski definition) is 2. The van der Waals surface area contributed by atoms with Crippen LogP contribution in [0, 0.1) is 0 Å². The van der Waals surface area contributed by atoms with E-state index in [0.29, 0.717) is 12.5 Å². The quantitative estimate of drug-likeness (QED) is 0.805. The number of halogens is 1. The third kappa shape index (κ3) is 2.56. The van der Waals surface area contributed by atoms with Crippen molar-refractivity contribution in [3.05, 3.63) is 29.5 Å². The Morgan fingerprint density at radius 3 is 3.09 bits per heavy atom. The van der Waals surface area contributed by atoms with Crippen molar-refractivity contribution in [3.63, 3.8) is 0 Å². The number of nitrogens with zero attached hydrogens (tertiary/aromatic N) is 1. The Bertz CT molecular complexity index is 770. The predicted octanol–water partition coefficient (Wildman–Crippen LogP) is 4.70.